The minimum absolute atomic E-state index is 0. The van der Waals surface area contributed by atoms with Crippen LogP contribution < -0.4 is 5.73 Å². The predicted octanol–water partition coefficient (Wildman–Crippen LogP) is 0.842. The van der Waals surface area contributed by atoms with Gasteiger partial charge in [-0.05, 0) is 32.6 Å². The highest BCUT2D eigenvalue weighted by Gasteiger charge is 2.30. The standard InChI is InChI=1S/C12H23N3O.ClH/c1-10(15-8-5-11(13)9-15)12(16)14-6-3-2-4-7-14;/h10-11H,2-9,13H2,1H3;1H. The van der Waals surface area contributed by atoms with E-state index in [-0.39, 0.29) is 24.5 Å². The maximum Gasteiger partial charge on any atom is 0.239 e. The van der Waals surface area contributed by atoms with E-state index in [4.69, 9.17) is 5.73 Å². The number of nitrogens with zero attached hydrogens (tertiary/aromatic N) is 2. The van der Waals surface area contributed by atoms with Crippen molar-refractivity contribution in [3.63, 3.8) is 0 Å². The summed E-state index contributed by atoms with van der Waals surface area (Å²) in [4.78, 5) is 16.5. The van der Waals surface area contributed by atoms with Crippen LogP contribution in [-0.4, -0.2) is 54.0 Å². The molecule has 4 nitrogen and oxygen atoms in total. The van der Waals surface area contributed by atoms with Gasteiger partial charge in [0.25, 0.3) is 0 Å². The molecule has 100 valence electrons. The Morgan fingerprint density at radius 3 is 2.41 bits per heavy atom. The first-order valence-corrected chi connectivity index (χ1v) is 6.47. The summed E-state index contributed by atoms with van der Waals surface area (Å²) in [5.74, 6) is 0.300. The Kier molecular flexibility index (Phi) is 5.70. The van der Waals surface area contributed by atoms with E-state index in [0.717, 1.165) is 45.4 Å². The van der Waals surface area contributed by atoms with Crippen molar-refractivity contribution in [1.82, 2.24) is 9.80 Å². The third-order valence-electron chi connectivity index (χ3n) is 3.83. The zero-order chi connectivity index (χ0) is 11.5. The van der Waals surface area contributed by atoms with Crippen LogP contribution in [0.15, 0.2) is 0 Å². The van der Waals surface area contributed by atoms with Gasteiger partial charge in [0.1, 0.15) is 0 Å². The number of nitrogens with two attached hydrogens (primary N) is 1. The van der Waals surface area contributed by atoms with Gasteiger partial charge in [-0.1, -0.05) is 0 Å². The molecule has 2 saturated heterocycles. The second-order valence-electron chi connectivity index (χ2n) is 5.11. The first kappa shape index (κ1) is 14.7. The van der Waals surface area contributed by atoms with Gasteiger partial charge in [0, 0.05) is 32.2 Å². The van der Waals surface area contributed by atoms with Crippen molar-refractivity contribution in [2.24, 2.45) is 5.73 Å². The molecule has 17 heavy (non-hydrogen) atoms. The molecule has 0 aromatic carbocycles. The van der Waals surface area contributed by atoms with Gasteiger partial charge in [-0.3, -0.25) is 9.69 Å². The van der Waals surface area contributed by atoms with E-state index in [0.29, 0.717) is 5.91 Å². The van der Waals surface area contributed by atoms with Crippen LogP contribution in [0.3, 0.4) is 0 Å². The SMILES string of the molecule is CC(C(=O)N1CCCCC1)N1CCC(N)C1.Cl. The van der Waals surface area contributed by atoms with Crippen LogP contribution in [0.4, 0.5) is 0 Å². The first-order valence-electron chi connectivity index (χ1n) is 6.47. The van der Waals surface area contributed by atoms with E-state index in [1.165, 1.54) is 6.42 Å². The number of halogens is 1. The molecule has 2 N–H and O–H groups in total. The molecule has 2 heterocycles. The summed E-state index contributed by atoms with van der Waals surface area (Å²) >= 11 is 0. The first-order chi connectivity index (χ1) is 7.68. The van der Waals surface area contributed by atoms with Gasteiger partial charge in [0.15, 0.2) is 0 Å². The molecule has 2 rings (SSSR count). The number of rotatable bonds is 2. The van der Waals surface area contributed by atoms with Gasteiger partial charge in [-0.2, -0.15) is 0 Å². The number of carbonyl (C=O) groups excluding carboxylic acids is 1. The Hall–Kier alpha value is -0.320. The van der Waals surface area contributed by atoms with E-state index in [1.807, 2.05) is 11.8 Å². The molecule has 2 fully saturated rings. The van der Waals surface area contributed by atoms with Crippen molar-refractivity contribution < 1.29 is 4.79 Å². The third-order valence-corrected chi connectivity index (χ3v) is 3.83. The number of hydrogen-bond donors (Lipinski definition) is 1. The number of carbonyl (C=O) groups is 1. The summed E-state index contributed by atoms with van der Waals surface area (Å²) in [7, 11) is 0. The largest absolute Gasteiger partial charge is 0.341 e. The van der Waals surface area contributed by atoms with E-state index in [1.54, 1.807) is 0 Å². The fourth-order valence-corrected chi connectivity index (χ4v) is 2.70. The molecule has 0 radical (unpaired) electrons. The summed E-state index contributed by atoms with van der Waals surface area (Å²) < 4.78 is 0. The Bertz CT molecular complexity index is 256. The highest BCUT2D eigenvalue weighted by Crippen LogP contribution is 2.16. The van der Waals surface area contributed by atoms with Crippen molar-refractivity contribution in [3.8, 4) is 0 Å². The van der Waals surface area contributed by atoms with Crippen molar-refractivity contribution in [1.29, 1.82) is 0 Å². The van der Waals surface area contributed by atoms with Crippen molar-refractivity contribution in [2.75, 3.05) is 26.2 Å². The van der Waals surface area contributed by atoms with E-state index in [9.17, 15) is 4.79 Å². The molecule has 2 unspecified atom stereocenters. The predicted molar refractivity (Wildman–Crippen MR) is 71.3 cm³/mol. The fourth-order valence-electron chi connectivity index (χ4n) is 2.70. The van der Waals surface area contributed by atoms with Gasteiger partial charge in [0.05, 0.1) is 6.04 Å². The molecule has 0 aromatic heterocycles. The van der Waals surface area contributed by atoms with Crippen LogP contribution in [0, 0.1) is 0 Å². The highest BCUT2D eigenvalue weighted by atomic mass is 35.5. The molecular formula is C12H24ClN3O. The second kappa shape index (κ2) is 6.57. The molecule has 5 heteroatoms. The molecule has 0 bridgehead atoms. The summed E-state index contributed by atoms with van der Waals surface area (Å²) in [5.41, 5.74) is 5.87. The topological polar surface area (TPSA) is 49.6 Å². The van der Waals surface area contributed by atoms with Crippen LogP contribution in [-0.2, 0) is 4.79 Å². The number of likely N-dealkylation sites (tertiary alicyclic amines) is 2. The molecule has 2 aliphatic heterocycles. The van der Waals surface area contributed by atoms with E-state index in [2.05, 4.69) is 4.90 Å². The monoisotopic (exact) mass is 261 g/mol. The summed E-state index contributed by atoms with van der Waals surface area (Å²) in [6.07, 6.45) is 4.63. The highest BCUT2D eigenvalue weighted by molar-refractivity contribution is 5.85. The second-order valence-corrected chi connectivity index (χ2v) is 5.11. The molecule has 1 amide bonds. The van der Waals surface area contributed by atoms with Crippen LogP contribution in [0.1, 0.15) is 32.6 Å². The van der Waals surface area contributed by atoms with E-state index < -0.39 is 0 Å². The average Bonchev–Trinajstić information content (AvgIpc) is 2.75. The van der Waals surface area contributed by atoms with Crippen molar-refractivity contribution in [2.45, 2.75) is 44.7 Å². The Morgan fingerprint density at radius 2 is 1.88 bits per heavy atom. The maximum atomic E-state index is 12.2. The summed E-state index contributed by atoms with van der Waals surface area (Å²) in [5, 5.41) is 0. The number of amides is 1. The molecular weight excluding hydrogens is 238 g/mol. The van der Waals surface area contributed by atoms with Crippen LogP contribution >= 0.6 is 12.4 Å². The third kappa shape index (κ3) is 3.57. The average molecular weight is 262 g/mol. The minimum Gasteiger partial charge on any atom is -0.341 e. The van der Waals surface area contributed by atoms with E-state index >= 15 is 0 Å². The van der Waals surface area contributed by atoms with Gasteiger partial charge in [0.2, 0.25) is 5.91 Å². The van der Waals surface area contributed by atoms with Crippen LogP contribution in [0.25, 0.3) is 0 Å². The zero-order valence-corrected chi connectivity index (χ0v) is 11.4. The Labute approximate surface area is 110 Å². The number of piperidine rings is 1. The van der Waals surface area contributed by atoms with Gasteiger partial charge in [-0.15, -0.1) is 12.4 Å². The van der Waals surface area contributed by atoms with Crippen molar-refractivity contribution >= 4 is 18.3 Å². The smallest absolute Gasteiger partial charge is 0.239 e. The normalized spacial score (nSPS) is 27.6. The summed E-state index contributed by atoms with van der Waals surface area (Å²) in [6.45, 7) is 5.77. The lowest BCUT2D eigenvalue weighted by Crippen LogP contribution is -2.48. The molecule has 2 aliphatic rings. The Morgan fingerprint density at radius 1 is 1.24 bits per heavy atom. The van der Waals surface area contributed by atoms with Gasteiger partial charge < -0.3 is 10.6 Å². The Balaban J connectivity index is 0.00000144. The molecule has 0 spiro atoms. The molecule has 0 aromatic rings. The van der Waals surface area contributed by atoms with Crippen molar-refractivity contribution in [3.05, 3.63) is 0 Å². The number of hydrogen-bond acceptors (Lipinski definition) is 3. The van der Waals surface area contributed by atoms with Crippen LogP contribution in [0.2, 0.25) is 0 Å². The van der Waals surface area contributed by atoms with Gasteiger partial charge >= 0.3 is 0 Å². The lowest BCUT2D eigenvalue weighted by atomic mass is 10.1. The minimum atomic E-state index is 0. The quantitative estimate of drug-likeness (QED) is 0.802. The van der Waals surface area contributed by atoms with Crippen LogP contribution in [0.5, 0.6) is 0 Å². The maximum absolute atomic E-state index is 12.2. The summed E-state index contributed by atoms with van der Waals surface area (Å²) in [6, 6.07) is 0.281. The fraction of sp³-hybridized carbons (Fsp3) is 0.917. The van der Waals surface area contributed by atoms with Gasteiger partial charge in [-0.25, -0.2) is 0 Å². The lowest BCUT2D eigenvalue weighted by molar-refractivity contribution is -0.136. The molecule has 0 aliphatic carbocycles. The molecule has 0 saturated carbocycles. The molecule has 2 atom stereocenters. The lowest BCUT2D eigenvalue weighted by Gasteiger charge is -2.32. The zero-order valence-electron chi connectivity index (χ0n) is 10.6.